The number of H-pyrrole nitrogens is 1. The smallest absolute Gasteiger partial charge is 0.332 e. The van der Waals surface area contributed by atoms with Gasteiger partial charge in [0, 0.05) is 6.61 Å². The van der Waals surface area contributed by atoms with E-state index in [1.807, 2.05) is 0 Å². The molecule has 1 saturated heterocycles. The van der Waals surface area contributed by atoms with Crippen LogP contribution in [0.2, 0.25) is 0 Å². The number of carbonyl (C=O) groups is 1. The molecule has 0 saturated carbocycles. The van der Waals surface area contributed by atoms with Gasteiger partial charge in [-0.3, -0.25) is 0 Å². The Morgan fingerprint density at radius 2 is 2.41 bits per heavy atom. The van der Waals surface area contributed by atoms with E-state index in [0.29, 0.717) is 18.7 Å². The number of carboxylic acids is 1. The van der Waals surface area contributed by atoms with Crippen LogP contribution >= 0.6 is 0 Å². The number of hydrogen-bond acceptors (Lipinski definition) is 5. The number of carboxylic acid groups (broad SMARTS) is 1. The van der Waals surface area contributed by atoms with Crippen molar-refractivity contribution in [3.8, 4) is 0 Å². The second-order valence-electron chi connectivity index (χ2n) is 3.50. The van der Waals surface area contributed by atoms with E-state index in [4.69, 9.17) is 9.84 Å². The number of aromatic amines is 1. The molecule has 0 radical (unpaired) electrons. The Morgan fingerprint density at radius 3 is 3.00 bits per heavy atom. The molecule has 0 aliphatic carbocycles. The minimum absolute atomic E-state index is 0.519. The molecule has 1 atom stereocenters. The van der Waals surface area contributed by atoms with E-state index in [9.17, 15) is 4.79 Å². The van der Waals surface area contributed by atoms with Crippen molar-refractivity contribution in [2.24, 2.45) is 0 Å². The van der Waals surface area contributed by atoms with E-state index < -0.39 is 12.1 Å². The third-order valence-electron chi connectivity index (χ3n) is 2.30. The van der Waals surface area contributed by atoms with Crippen molar-refractivity contribution in [3.05, 3.63) is 18.9 Å². The Kier molecular flexibility index (Phi) is 3.61. The molecular formula is C10H12N4O3. The highest BCUT2D eigenvalue weighted by atomic mass is 16.5. The van der Waals surface area contributed by atoms with Gasteiger partial charge in [0.1, 0.15) is 11.8 Å². The van der Waals surface area contributed by atoms with Gasteiger partial charge in [0.25, 0.3) is 0 Å². The van der Waals surface area contributed by atoms with Crippen molar-refractivity contribution in [1.29, 1.82) is 0 Å². The van der Waals surface area contributed by atoms with E-state index in [0.717, 1.165) is 11.9 Å². The van der Waals surface area contributed by atoms with Crippen molar-refractivity contribution >= 4 is 17.1 Å². The van der Waals surface area contributed by atoms with Crippen molar-refractivity contribution in [1.82, 2.24) is 19.9 Å². The van der Waals surface area contributed by atoms with Gasteiger partial charge in [-0.15, -0.1) is 0 Å². The quantitative estimate of drug-likeness (QED) is 0.752. The molecule has 7 nitrogen and oxygen atoms in total. The maximum Gasteiger partial charge on any atom is 0.332 e. The maximum atomic E-state index is 10.1. The van der Waals surface area contributed by atoms with Crippen LogP contribution in [0.5, 0.6) is 0 Å². The van der Waals surface area contributed by atoms with E-state index in [2.05, 4.69) is 19.9 Å². The van der Waals surface area contributed by atoms with Crippen LogP contribution in [0.15, 0.2) is 18.9 Å². The molecule has 1 aliphatic rings. The number of hydrogen-bond donors (Lipinski definition) is 2. The summed E-state index contributed by atoms with van der Waals surface area (Å²) in [5.74, 6) is -0.831. The number of imidazole rings is 1. The second kappa shape index (κ2) is 5.35. The van der Waals surface area contributed by atoms with Crippen LogP contribution in [0, 0.1) is 0 Å². The Bertz CT molecular complexity index is 463. The van der Waals surface area contributed by atoms with Crippen LogP contribution < -0.4 is 0 Å². The minimum atomic E-state index is -0.831. The fourth-order valence-electron chi connectivity index (χ4n) is 1.46. The van der Waals surface area contributed by atoms with Crippen molar-refractivity contribution in [2.45, 2.75) is 18.9 Å². The summed E-state index contributed by atoms with van der Waals surface area (Å²) in [6.07, 6.45) is 5.81. The highest BCUT2D eigenvalue weighted by Crippen LogP contribution is 2.10. The number of fused-ring (bicyclic) bond motifs is 1. The van der Waals surface area contributed by atoms with Gasteiger partial charge in [-0.2, -0.15) is 0 Å². The largest absolute Gasteiger partial charge is 0.479 e. The molecule has 3 rings (SSSR count). The minimum Gasteiger partial charge on any atom is -0.479 e. The zero-order valence-electron chi connectivity index (χ0n) is 9.04. The molecule has 2 aromatic heterocycles. The molecule has 2 aromatic rings. The Morgan fingerprint density at radius 1 is 1.53 bits per heavy atom. The average molecular weight is 236 g/mol. The molecule has 0 spiro atoms. The van der Waals surface area contributed by atoms with Crippen LogP contribution in [0.1, 0.15) is 12.8 Å². The molecule has 0 bridgehead atoms. The zero-order valence-corrected chi connectivity index (χ0v) is 9.04. The first-order valence-corrected chi connectivity index (χ1v) is 5.21. The Hall–Kier alpha value is -2.02. The second-order valence-corrected chi connectivity index (χ2v) is 3.50. The summed E-state index contributed by atoms with van der Waals surface area (Å²) in [4.78, 5) is 24.6. The van der Waals surface area contributed by atoms with Crippen molar-refractivity contribution in [3.63, 3.8) is 0 Å². The number of aliphatic carboxylic acids is 1. The number of nitrogens with one attached hydrogen (secondary N) is 1. The fraction of sp³-hybridized carbons (Fsp3) is 0.400. The molecule has 3 heterocycles. The molecule has 7 heteroatoms. The van der Waals surface area contributed by atoms with Crippen LogP contribution in [0.3, 0.4) is 0 Å². The molecule has 1 aliphatic heterocycles. The summed E-state index contributed by atoms with van der Waals surface area (Å²) >= 11 is 0. The number of nitrogens with zero attached hydrogens (tertiary/aromatic N) is 3. The predicted molar refractivity (Wildman–Crippen MR) is 58.3 cm³/mol. The summed E-state index contributed by atoms with van der Waals surface area (Å²) in [6, 6.07) is 0. The normalized spacial score (nSPS) is 18.7. The maximum absolute atomic E-state index is 10.1. The molecule has 1 unspecified atom stereocenters. The van der Waals surface area contributed by atoms with E-state index in [1.54, 1.807) is 12.5 Å². The third-order valence-corrected chi connectivity index (χ3v) is 2.30. The average Bonchev–Trinajstić information content (AvgIpc) is 3.01. The van der Waals surface area contributed by atoms with Gasteiger partial charge in [-0.25, -0.2) is 19.7 Å². The SMILES string of the molecule is O=C(O)C1CCCO1.c1ncc2[nH]cnc2n1. The lowest BCUT2D eigenvalue weighted by Crippen LogP contribution is -2.17. The van der Waals surface area contributed by atoms with Gasteiger partial charge < -0.3 is 14.8 Å². The van der Waals surface area contributed by atoms with Gasteiger partial charge in [-0.1, -0.05) is 0 Å². The summed E-state index contributed by atoms with van der Waals surface area (Å²) in [6.45, 7) is 0.608. The van der Waals surface area contributed by atoms with E-state index in [1.165, 1.54) is 6.33 Å². The molecule has 17 heavy (non-hydrogen) atoms. The summed E-state index contributed by atoms with van der Waals surface area (Å²) in [5, 5.41) is 8.29. The van der Waals surface area contributed by atoms with Crippen molar-refractivity contribution < 1.29 is 14.6 Å². The molecule has 0 aromatic carbocycles. The Balaban J connectivity index is 0.000000128. The van der Waals surface area contributed by atoms with Crippen molar-refractivity contribution in [2.75, 3.05) is 6.61 Å². The first-order chi connectivity index (χ1) is 8.27. The molecule has 0 amide bonds. The summed E-state index contributed by atoms with van der Waals surface area (Å²) in [7, 11) is 0. The molecular weight excluding hydrogens is 224 g/mol. The van der Waals surface area contributed by atoms with Gasteiger partial charge in [-0.05, 0) is 12.8 Å². The highest BCUT2D eigenvalue weighted by Gasteiger charge is 2.21. The lowest BCUT2D eigenvalue weighted by molar-refractivity contribution is -0.147. The standard InChI is InChI=1S/C5H4N4.C5H8O3/c1-4-5(8-2-6-1)9-3-7-4;6-5(7)4-2-1-3-8-4/h1-3H,(H,6,7,8,9);4H,1-3H2,(H,6,7). The highest BCUT2D eigenvalue weighted by molar-refractivity contribution is 5.72. The zero-order chi connectivity index (χ0) is 12.1. The van der Waals surface area contributed by atoms with Gasteiger partial charge in [0.05, 0.1) is 12.5 Å². The number of rotatable bonds is 1. The Labute approximate surface area is 96.9 Å². The summed E-state index contributed by atoms with van der Waals surface area (Å²) < 4.78 is 4.81. The van der Waals surface area contributed by atoms with E-state index in [-0.39, 0.29) is 0 Å². The topological polar surface area (TPSA) is 101 Å². The third kappa shape index (κ3) is 2.97. The monoisotopic (exact) mass is 236 g/mol. The van der Waals surface area contributed by atoms with E-state index >= 15 is 0 Å². The van der Waals surface area contributed by atoms with Gasteiger partial charge in [0.15, 0.2) is 11.8 Å². The molecule has 1 fully saturated rings. The first kappa shape index (κ1) is 11.5. The van der Waals surface area contributed by atoms with Crippen LogP contribution in [0.4, 0.5) is 0 Å². The number of ether oxygens (including phenoxy) is 1. The van der Waals surface area contributed by atoms with Crippen LogP contribution in [-0.4, -0.2) is 43.7 Å². The molecule has 90 valence electrons. The van der Waals surface area contributed by atoms with Gasteiger partial charge in [0.2, 0.25) is 0 Å². The van der Waals surface area contributed by atoms with Crippen LogP contribution in [-0.2, 0) is 9.53 Å². The molecule has 2 N–H and O–H groups in total. The lowest BCUT2D eigenvalue weighted by atomic mass is 10.2. The van der Waals surface area contributed by atoms with Crippen LogP contribution in [0.25, 0.3) is 11.2 Å². The lowest BCUT2D eigenvalue weighted by Gasteiger charge is -1.98. The van der Waals surface area contributed by atoms with Gasteiger partial charge >= 0.3 is 5.97 Å². The number of aromatic nitrogens is 4. The fourth-order valence-corrected chi connectivity index (χ4v) is 1.46. The predicted octanol–water partition coefficient (Wildman–Crippen LogP) is 0.603. The summed E-state index contributed by atoms with van der Waals surface area (Å²) in [5.41, 5.74) is 1.59. The first-order valence-electron chi connectivity index (χ1n) is 5.21.